The number of likely N-dealkylation sites (tertiary alicyclic amines) is 1. The third-order valence-corrected chi connectivity index (χ3v) is 4.74. The minimum absolute atomic E-state index is 0.0849. The smallest absolute Gasteiger partial charge is 0.317 e. The molecule has 1 aromatic heterocycles. The molecule has 116 valence electrons. The number of hydrogen-bond donors (Lipinski definition) is 2. The zero-order valence-corrected chi connectivity index (χ0v) is 12.7. The number of aromatic amines is 1. The van der Waals surface area contributed by atoms with E-state index in [0.717, 1.165) is 31.7 Å². The Morgan fingerprint density at radius 2 is 2.33 bits per heavy atom. The van der Waals surface area contributed by atoms with Crippen molar-refractivity contribution in [2.75, 3.05) is 33.2 Å². The molecule has 2 N–H and O–H groups in total. The van der Waals surface area contributed by atoms with E-state index in [1.807, 2.05) is 4.90 Å². The number of amides is 2. The minimum atomic E-state index is 0.0849. The SMILES string of the molecule is CN1C[C@@H]2CCC[C@H]1CN(C(=O)NCCc1cnc[nH]1)C2. The van der Waals surface area contributed by atoms with Gasteiger partial charge >= 0.3 is 6.03 Å². The van der Waals surface area contributed by atoms with Crippen molar-refractivity contribution in [3.05, 3.63) is 18.2 Å². The fourth-order valence-corrected chi connectivity index (χ4v) is 3.53. The van der Waals surface area contributed by atoms with Crippen molar-refractivity contribution in [3.63, 3.8) is 0 Å². The normalized spacial score (nSPS) is 26.4. The van der Waals surface area contributed by atoms with Crippen molar-refractivity contribution in [1.29, 1.82) is 0 Å². The van der Waals surface area contributed by atoms with Crippen molar-refractivity contribution in [1.82, 2.24) is 25.1 Å². The number of aromatic nitrogens is 2. The maximum atomic E-state index is 12.4. The first-order chi connectivity index (χ1) is 10.2. The molecule has 0 radical (unpaired) electrons. The van der Waals surface area contributed by atoms with Crippen molar-refractivity contribution in [2.45, 2.75) is 31.7 Å². The van der Waals surface area contributed by atoms with Gasteiger partial charge < -0.3 is 20.1 Å². The Morgan fingerprint density at radius 3 is 3.14 bits per heavy atom. The summed E-state index contributed by atoms with van der Waals surface area (Å²) in [5.41, 5.74) is 1.06. The molecule has 21 heavy (non-hydrogen) atoms. The van der Waals surface area contributed by atoms with E-state index in [-0.39, 0.29) is 6.03 Å². The number of nitrogens with zero attached hydrogens (tertiary/aromatic N) is 3. The molecule has 6 nitrogen and oxygen atoms in total. The van der Waals surface area contributed by atoms with E-state index in [1.165, 1.54) is 19.3 Å². The van der Waals surface area contributed by atoms with Gasteiger partial charge in [0.15, 0.2) is 0 Å². The average Bonchev–Trinajstić information content (AvgIpc) is 2.82. The molecule has 1 aromatic rings. The van der Waals surface area contributed by atoms with Gasteiger partial charge in [0, 0.05) is 50.5 Å². The number of rotatable bonds is 3. The second-order valence-electron chi connectivity index (χ2n) is 6.35. The number of urea groups is 1. The van der Waals surface area contributed by atoms with Crippen molar-refractivity contribution in [2.24, 2.45) is 5.92 Å². The summed E-state index contributed by atoms with van der Waals surface area (Å²) in [6.07, 6.45) is 8.03. The largest absolute Gasteiger partial charge is 0.348 e. The van der Waals surface area contributed by atoms with Gasteiger partial charge in [0.05, 0.1) is 6.33 Å². The summed E-state index contributed by atoms with van der Waals surface area (Å²) in [6, 6.07) is 0.609. The van der Waals surface area contributed by atoms with E-state index in [2.05, 4.69) is 27.2 Å². The third-order valence-electron chi connectivity index (χ3n) is 4.74. The number of likely N-dealkylation sites (N-methyl/N-ethyl adjacent to an activating group) is 1. The predicted octanol–water partition coefficient (Wildman–Crippen LogP) is 1.08. The van der Waals surface area contributed by atoms with Crippen LogP contribution in [0.3, 0.4) is 0 Å². The fourth-order valence-electron chi connectivity index (χ4n) is 3.53. The Kier molecular flexibility index (Phi) is 4.43. The average molecular weight is 291 g/mol. The van der Waals surface area contributed by atoms with Gasteiger partial charge in [0.1, 0.15) is 0 Å². The summed E-state index contributed by atoms with van der Waals surface area (Å²) in [4.78, 5) is 23.9. The molecular formula is C15H25N5O. The number of fused-ring (bicyclic) bond motifs is 3. The maximum Gasteiger partial charge on any atom is 0.317 e. The highest BCUT2D eigenvalue weighted by Gasteiger charge is 2.32. The van der Waals surface area contributed by atoms with E-state index < -0.39 is 0 Å². The van der Waals surface area contributed by atoms with Gasteiger partial charge in [-0.05, 0) is 25.8 Å². The predicted molar refractivity (Wildman–Crippen MR) is 81.0 cm³/mol. The van der Waals surface area contributed by atoms with E-state index in [4.69, 9.17) is 0 Å². The molecule has 2 saturated heterocycles. The molecule has 2 atom stereocenters. The molecular weight excluding hydrogens is 266 g/mol. The second kappa shape index (κ2) is 6.47. The van der Waals surface area contributed by atoms with Crippen LogP contribution in [0.15, 0.2) is 12.5 Å². The molecule has 0 saturated carbocycles. The molecule has 3 heterocycles. The van der Waals surface area contributed by atoms with E-state index in [0.29, 0.717) is 18.5 Å². The summed E-state index contributed by atoms with van der Waals surface area (Å²) < 4.78 is 0. The number of carbonyl (C=O) groups excluding carboxylic acids is 1. The van der Waals surface area contributed by atoms with Gasteiger partial charge in [0.25, 0.3) is 0 Å². The lowest BCUT2D eigenvalue weighted by Crippen LogP contribution is -2.46. The summed E-state index contributed by atoms with van der Waals surface area (Å²) in [5.74, 6) is 0.626. The fraction of sp³-hybridized carbons (Fsp3) is 0.733. The van der Waals surface area contributed by atoms with E-state index in [1.54, 1.807) is 12.5 Å². The number of hydrogen-bond acceptors (Lipinski definition) is 3. The molecule has 2 amide bonds. The van der Waals surface area contributed by atoms with Gasteiger partial charge in [-0.25, -0.2) is 9.78 Å². The number of carbonyl (C=O) groups is 1. The Balaban J connectivity index is 1.52. The van der Waals surface area contributed by atoms with Gasteiger partial charge in [-0.15, -0.1) is 0 Å². The number of nitrogens with one attached hydrogen (secondary N) is 2. The van der Waals surface area contributed by atoms with Crippen LogP contribution in [-0.2, 0) is 6.42 Å². The molecule has 0 aliphatic carbocycles. The molecule has 0 spiro atoms. The van der Waals surface area contributed by atoms with Crippen LogP contribution < -0.4 is 5.32 Å². The van der Waals surface area contributed by atoms with Crippen LogP contribution in [0.5, 0.6) is 0 Å². The highest BCUT2D eigenvalue weighted by Crippen LogP contribution is 2.25. The molecule has 2 fully saturated rings. The Morgan fingerprint density at radius 1 is 1.43 bits per heavy atom. The first-order valence-electron chi connectivity index (χ1n) is 7.92. The zero-order valence-electron chi connectivity index (χ0n) is 12.7. The standard InChI is InChI=1S/C15H25N5O/c1-19-8-12-3-2-4-14(19)10-20(9-12)15(21)17-6-5-13-7-16-11-18-13/h7,11-12,14H,2-6,8-10H2,1H3,(H,16,18)(H,17,21)/t12-,14-/m0/s1. The molecule has 6 heteroatoms. The monoisotopic (exact) mass is 291 g/mol. The lowest BCUT2D eigenvalue weighted by Gasteiger charge is -2.29. The highest BCUT2D eigenvalue weighted by molar-refractivity contribution is 5.74. The lowest BCUT2D eigenvalue weighted by molar-refractivity contribution is 0.176. The van der Waals surface area contributed by atoms with Crippen LogP contribution in [0, 0.1) is 5.92 Å². The first-order valence-corrected chi connectivity index (χ1v) is 7.92. The summed E-state index contributed by atoms with van der Waals surface area (Å²) >= 11 is 0. The maximum absolute atomic E-state index is 12.4. The molecule has 2 aliphatic rings. The zero-order chi connectivity index (χ0) is 14.7. The molecule has 3 rings (SSSR count). The van der Waals surface area contributed by atoms with Gasteiger partial charge in [-0.1, -0.05) is 6.42 Å². The third kappa shape index (κ3) is 3.56. The Bertz CT molecular complexity index is 461. The highest BCUT2D eigenvalue weighted by atomic mass is 16.2. The van der Waals surface area contributed by atoms with E-state index >= 15 is 0 Å². The quantitative estimate of drug-likeness (QED) is 0.876. The van der Waals surface area contributed by atoms with Gasteiger partial charge in [-0.2, -0.15) is 0 Å². The summed E-state index contributed by atoms with van der Waals surface area (Å²) in [5, 5.41) is 3.04. The minimum Gasteiger partial charge on any atom is -0.348 e. The van der Waals surface area contributed by atoms with Crippen LogP contribution in [0.25, 0.3) is 0 Å². The molecule has 0 unspecified atom stereocenters. The Labute approximate surface area is 125 Å². The van der Waals surface area contributed by atoms with Crippen LogP contribution in [0.2, 0.25) is 0 Å². The second-order valence-corrected chi connectivity index (χ2v) is 6.35. The van der Waals surface area contributed by atoms with Crippen molar-refractivity contribution in [3.8, 4) is 0 Å². The summed E-state index contributed by atoms with van der Waals surface area (Å²) in [6.45, 7) is 3.55. The van der Waals surface area contributed by atoms with Crippen LogP contribution >= 0.6 is 0 Å². The first kappa shape index (κ1) is 14.4. The topological polar surface area (TPSA) is 64.3 Å². The van der Waals surface area contributed by atoms with Gasteiger partial charge in [0.2, 0.25) is 0 Å². The molecule has 0 aromatic carbocycles. The van der Waals surface area contributed by atoms with E-state index in [9.17, 15) is 4.79 Å². The van der Waals surface area contributed by atoms with Crippen LogP contribution in [0.1, 0.15) is 25.0 Å². The summed E-state index contributed by atoms with van der Waals surface area (Å²) in [7, 11) is 2.20. The van der Waals surface area contributed by atoms with Crippen molar-refractivity contribution >= 4 is 6.03 Å². The number of imidazole rings is 1. The van der Waals surface area contributed by atoms with Crippen molar-refractivity contribution < 1.29 is 4.79 Å². The molecule has 2 aliphatic heterocycles. The Hall–Kier alpha value is -1.56. The lowest BCUT2D eigenvalue weighted by atomic mass is 10.00. The van der Waals surface area contributed by atoms with Gasteiger partial charge in [-0.3, -0.25) is 0 Å². The van der Waals surface area contributed by atoms with Crippen LogP contribution in [0.4, 0.5) is 4.79 Å². The number of H-pyrrole nitrogens is 1. The van der Waals surface area contributed by atoms with Crippen LogP contribution in [-0.4, -0.2) is 65.1 Å². The molecule has 2 bridgehead atoms.